The van der Waals surface area contributed by atoms with Gasteiger partial charge in [0, 0.05) is 56.4 Å². The van der Waals surface area contributed by atoms with Crippen molar-refractivity contribution in [1.29, 1.82) is 0 Å². The van der Waals surface area contributed by atoms with E-state index in [1.54, 1.807) is 7.11 Å². The molecule has 0 radical (unpaired) electrons. The van der Waals surface area contributed by atoms with Crippen LogP contribution in [-0.4, -0.2) is 37.8 Å². The average Bonchev–Trinajstić information content (AvgIpc) is 3.20. The maximum atomic E-state index is 5.22. The van der Waals surface area contributed by atoms with Crippen LogP contribution >= 0.6 is 0 Å². The molecule has 0 amide bonds. The Morgan fingerprint density at radius 1 is 1.56 bits per heavy atom. The van der Waals surface area contributed by atoms with Gasteiger partial charge in [-0.15, -0.1) is 0 Å². The molecule has 1 aromatic rings. The van der Waals surface area contributed by atoms with Crippen molar-refractivity contribution in [1.82, 2.24) is 10.3 Å². The molecule has 100 valence electrons. The van der Waals surface area contributed by atoms with Gasteiger partial charge in [-0.05, 0) is 25.8 Å². The zero-order valence-corrected chi connectivity index (χ0v) is 11.5. The van der Waals surface area contributed by atoms with Crippen LogP contribution in [-0.2, 0) is 11.3 Å². The van der Waals surface area contributed by atoms with Gasteiger partial charge in [-0.2, -0.15) is 0 Å². The van der Waals surface area contributed by atoms with E-state index in [0.717, 1.165) is 19.2 Å². The molecule has 1 heterocycles. The van der Waals surface area contributed by atoms with Crippen molar-refractivity contribution in [3.8, 4) is 0 Å². The van der Waals surface area contributed by atoms with Crippen molar-refractivity contribution >= 4 is 5.69 Å². The van der Waals surface area contributed by atoms with Gasteiger partial charge in [0.05, 0.1) is 6.61 Å². The first kappa shape index (κ1) is 13.3. The molecular weight excluding hydrogens is 226 g/mol. The molecule has 1 aliphatic carbocycles. The van der Waals surface area contributed by atoms with E-state index in [9.17, 15) is 0 Å². The molecule has 1 aliphatic rings. The molecule has 0 aliphatic heterocycles. The summed E-state index contributed by atoms with van der Waals surface area (Å²) < 4.78 is 5.22. The maximum Gasteiger partial charge on any atom is 0.0663 e. The zero-order valence-electron chi connectivity index (χ0n) is 11.5. The van der Waals surface area contributed by atoms with E-state index in [1.165, 1.54) is 24.1 Å². The van der Waals surface area contributed by atoms with Gasteiger partial charge in [-0.25, -0.2) is 0 Å². The number of nitrogens with one attached hydrogen (secondary N) is 1. The molecule has 4 nitrogen and oxygen atoms in total. The van der Waals surface area contributed by atoms with Crippen LogP contribution in [0.1, 0.15) is 25.3 Å². The van der Waals surface area contributed by atoms with Crippen LogP contribution in [0.3, 0.4) is 0 Å². The highest BCUT2D eigenvalue weighted by Gasteiger charge is 2.21. The Balaban J connectivity index is 2.04. The normalized spacial score (nSPS) is 16.6. The molecule has 0 bridgehead atoms. The first-order valence-electron chi connectivity index (χ1n) is 6.60. The molecule has 0 saturated heterocycles. The van der Waals surface area contributed by atoms with E-state index in [2.05, 4.69) is 35.2 Å². The van der Waals surface area contributed by atoms with Crippen LogP contribution in [0.5, 0.6) is 0 Å². The van der Waals surface area contributed by atoms with Crippen molar-refractivity contribution in [3.05, 3.63) is 24.0 Å². The first-order chi connectivity index (χ1) is 8.72. The molecule has 1 aromatic heterocycles. The number of rotatable bonds is 7. The van der Waals surface area contributed by atoms with E-state index in [0.29, 0.717) is 6.04 Å². The molecule has 1 atom stereocenters. The van der Waals surface area contributed by atoms with Crippen LogP contribution in [0.15, 0.2) is 18.5 Å². The van der Waals surface area contributed by atoms with E-state index < -0.39 is 0 Å². The summed E-state index contributed by atoms with van der Waals surface area (Å²) in [6.45, 7) is 3.80. The molecule has 18 heavy (non-hydrogen) atoms. The van der Waals surface area contributed by atoms with Gasteiger partial charge >= 0.3 is 0 Å². The van der Waals surface area contributed by atoms with Gasteiger partial charge < -0.3 is 15.0 Å². The largest absolute Gasteiger partial charge is 0.383 e. The fraction of sp³-hybridized carbons (Fsp3) is 0.643. The number of methoxy groups -OCH3 is 1. The Kier molecular flexibility index (Phi) is 4.55. The Morgan fingerprint density at radius 3 is 3.00 bits per heavy atom. The second kappa shape index (κ2) is 6.16. The highest BCUT2D eigenvalue weighted by Crippen LogP contribution is 2.23. The van der Waals surface area contributed by atoms with Crippen molar-refractivity contribution in [2.75, 3.05) is 25.7 Å². The summed E-state index contributed by atoms with van der Waals surface area (Å²) in [5.74, 6) is 0. The minimum absolute atomic E-state index is 0.358. The fourth-order valence-corrected chi connectivity index (χ4v) is 2.03. The number of hydrogen-bond donors (Lipinski definition) is 1. The van der Waals surface area contributed by atoms with Crippen LogP contribution in [0.2, 0.25) is 0 Å². The average molecular weight is 249 g/mol. The predicted molar refractivity (Wildman–Crippen MR) is 73.8 cm³/mol. The molecule has 1 N–H and O–H groups in total. The van der Waals surface area contributed by atoms with Crippen LogP contribution < -0.4 is 10.2 Å². The third-order valence-electron chi connectivity index (χ3n) is 3.49. The number of ether oxygens (including phenoxy) is 1. The van der Waals surface area contributed by atoms with Crippen molar-refractivity contribution in [3.63, 3.8) is 0 Å². The van der Waals surface area contributed by atoms with Crippen molar-refractivity contribution < 1.29 is 4.74 Å². The minimum Gasteiger partial charge on any atom is -0.383 e. The highest BCUT2D eigenvalue weighted by molar-refractivity contribution is 5.52. The summed E-state index contributed by atoms with van der Waals surface area (Å²) in [6.07, 6.45) is 6.43. The van der Waals surface area contributed by atoms with Gasteiger partial charge in [0.15, 0.2) is 0 Å². The quantitative estimate of drug-likeness (QED) is 0.799. The summed E-state index contributed by atoms with van der Waals surface area (Å²) >= 11 is 0. The van der Waals surface area contributed by atoms with E-state index >= 15 is 0 Å². The monoisotopic (exact) mass is 249 g/mol. The Labute approximate surface area is 109 Å². The van der Waals surface area contributed by atoms with E-state index in [4.69, 9.17) is 4.74 Å². The van der Waals surface area contributed by atoms with Gasteiger partial charge in [0.1, 0.15) is 0 Å². The number of nitrogens with zero attached hydrogens (tertiary/aromatic N) is 2. The standard InChI is InChI=1S/C14H23N3O/c1-11(10-18-3)17(2)14-6-7-15-8-12(14)9-16-13-4-5-13/h6-8,11,13,16H,4-5,9-10H2,1-3H3. The molecule has 2 rings (SSSR count). The second-order valence-corrected chi connectivity index (χ2v) is 5.07. The van der Waals surface area contributed by atoms with Gasteiger partial charge in [0.25, 0.3) is 0 Å². The number of pyridine rings is 1. The second-order valence-electron chi connectivity index (χ2n) is 5.07. The van der Waals surface area contributed by atoms with Gasteiger partial charge in [0.2, 0.25) is 0 Å². The first-order valence-corrected chi connectivity index (χ1v) is 6.60. The van der Waals surface area contributed by atoms with Crippen LogP contribution in [0.4, 0.5) is 5.69 Å². The van der Waals surface area contributed by atoms with Gasteiger partial charge in [-0.3, -0.25) is 4.98 Å². The van der Waals surface area contributed by atoms with E-state index in [1.807, 2.05) is 12.4 Å². The SMILES string of the molecule is COCC(C)N(C)c1ccncc1CNC1CC1. The predicted octanol–water partition coefficient (Wildman–Crippen LogP) is 1.80. The Bertz CT molecular complexity index is 379. The van der Waals surface area contributed by atoms with Gasteiger partial charge in [-0.1, -0.05) is 0 Å². The summed E-state index contributed by atoms with van der Waals surface area (Å²) in [5, 5.41) is 3.54. The fourth-order valence-electron chi connectivity index (χ4n) is 2.03. The molecule has 1 saturated carbocycles. The summed E-state index contributed by atoms with van der Waals surface area (Å²) in [6, 6.07) is 3.16. The van der Waals surface area contributed by atoms with E-state index in [-0.39, 0.29) is 0 Å². The molecular formula is C14H23N3O. The lowest BCUT2D eigenvalue weighted by atomic mass is 10.2. The maximum absolute atomic E-state index is 5.22. The molecule has 4 heteroatoms. The Hall–Kier alpha value is -1.13. The number of aromatic nitrogens is 1. The summed E-state index contributed by atoms with van der Waals surface area (Å²) in [5.41, 5.74) is 2.50. The molecule has 0 spiro atoms. The number of likely N-dealkylation sites (N-methyl/N-ethyl adjacent to an activating group) is 1. The molecule has 1 fully saturated rings. The lowest BCUT2D eigenvalue weighted by Crippen LogP contribution is -2.33. The lowest BCUT2D eigenvalue weighted by Gasteiger charge is -2.28. The smallest absolute Gasteiger partial charge is 0.0663 e. The zero-order chi connectivity index (χ0) is 13.0. The van der Waals surface area contributed by atoms with Crippen LogP contribution in [0, 0.1) is 0 Å². The Morgan fingerprint density at radius 2 is 2.33 bits per heavy atom. The van der Waals surface area contributed by atoms with Crippen LogP contribution in [0.25, 0.3) is 0 Å². The summed E-state index contributed by atoms with van der Waals surface area (Å²) in [4.78, 5) is 6.49. The third kappa shape index (κ3) is 3.43. The topological polar surface area (TPSA) is 37.4 Å². The third-order valence-corrected chi connectivity index (χ3v) is 3.49. The van der Waals surface area contributed by atoms with Crippen molar-refractivity contribution in [2.24, 2.45) is 0 Å². The van der Waals surface area contributed by atoms with Crippen molar-refractivity contribution in [2.45, 2.75) is 38.4 Å². The lowest BCUT2D eigenvalue weighted by molar-refractivity contribution is 0.183. The molecule has 1 unspecified atom stereocenters. The highest BCUT2D eigenvalue weighted by atomic mass is 16.5. The molecule has 0 aromatic carbocycles. The number of anilines is 1. The number of hydrogen-bond acceptors (Lipinski definition) is 4. The summed E-state index contributed by atoms with van der Waals surface area (Å²) in [7, 11) is 3.85. The minimum atomic E-state index is 0.358.